The smallest absolute Gasteiger partial charge is 0.295 e. The maximum absolute atomic E-state index is 13.9. The van der Waals surface area contributed by atoms with Crippen molar-refractivity contribution in [3.8, 4) is 0 Å². The highest BCUT2D eigenvalue weighted by atomic mass is 32.2. The molecule has 404 valence electrons. The van der Waals surface area contributed by atoms with Crippen molar-refractivity contribution in [1.82, 2.24) is 8.61 Å². The van der Waals surface area contributed by atoms with E-state index in [-0.39, 0.29) is 96.0 Å². The van der Waals surface area contributed by atoms with Crippen LogP contribution in [-0.2, 0) is 68.7 Å². The molecule has 2 heterocycles. The Morgan fingerprint density at radius 1 is 0.541 bits per heavy atom. The second kappa shape index (κ2) is 27.1. The van der Waals surface area contributed by atoms with Crippen LogP contribution in [0.5, 0.6) is 0 Å². The fraction of sp³-hybridized carbons (Fsp3) is 0.391. The molecule has 0 atom stereocenters. The van der Waals surface area contributed by atoms with Crippen molar-refractivity contribution >= 4 is 99.1 Å². The van der Waals surface area contributed by atoms with Gasteiger partial charge in [-0.3, -0.25) is 18.7 Å². The van der Waals surface area contributed by atoms with Crippen LogP contribution >= 0.6 is 23.5 Å². The minimum Gasteiger partial charge on any atom is -0.382 e. The van der Waals surface area contributed by atoms with E-state index in [9.17, 15) is 52.4 Å². The van der Waals surface area contributed by atoms with Crippen LogP contribution in [-0.4, -0.2) is 181 Å². The molecule has 4 N–H and O–H groups in total. The molecule has 0 bridgehead atoms. The van der Waals surface area contributed by atoms with E-state index in [0.717, 1.165) is 24.3 Å². The number of hydrogen-bond donors (Lipinski definition) is 4. The van der Waals surface area contributed by atoms with Gasteiger partial charge in [0.05, 0.1) is 75.9 Å². The molecular weight excluding hydrogens is 1090 g/mol. The number of morpholine rings is 2. The van der Waals surface area contributed by atoms with E-state index in [0.29, 0.717) is 60.9 Å². The van der Waals surface area contributed by atoms with E-state index in [2.05, 4.69) is 10.6 Å². The molecule has 6 rings (SSSR count). The number of carbonyl (C=O) groups is 2. The Hall–Kier alpha value is -4.34. The van der Waals surface area contributed by atoms with Gasteiger partial charge in [-0.15, -0.1) is 23.5 Å². The molecule has 4 aromatic carbocycles. The third-order valence-electron chi connectivity index (χ3n) is 11.0. The molecule has 0 spiro atoms. The number of sulfonamides is 2. The predicted octanol–water partition coefficient (Wildman–Crippen LogP) is 4.41. The van der Waals surface area contributed by atoms with Crippen LogP contribution in [0.4, 0.5) is 11.4 Å². The summed E-state index contributed by atoms with van der Waals surface area (Å²) in [6.45, 7) is 3.19. The highest BCUT2D eigenvalue weighted by molar-refractivity contribution is 8.00. The number of benzene rings is 4. The van der Waals surface area contributed by atoms with Gasteiger partial charge in [0.1, 0.15) is 9.79 Å². The second-order valence-corrected chi connectivity index (χ2v) is 24.8. The summed E-state index contributed by atoms with van der Waals surface area (Å²) in [7, 11) is -15.2. The van der Waals surface area contributed by atoms with Gasteiger partial charge in [0.25, 0.3) is 32.1 Å². The van der Waals surface area contributed by atoms with Crippen LogP contribution in [0.3, 0.4) is 0 Å². The van der Waals surface area contributed by atoms with Crippen LogP contribution in [0.15, 0.2) is 102 Å². The summed E-state index contributed by atoms with van der Waals surface area (Å²) in [5.74, 6) is -0.859. The highest BCUT2D eigenvalue weighted by Crippen LogP contribution is 2.34. The average molecular weight is 1150 g/mol. The van der Waals surface area contributed by atoms with Crippen LogP contribution in [0.2, 0.25) is 0 Å². The van der Waals surface area contributed by atoms with Crippen molar-refractivity contribution in [3.05, 3.63) is 95.1 Å². The summed E-state index contributed by atoms with van der Waals surface area (Å²) in [4.78, 5) is 26.4. The van der Waals surface area contributed by atoms with Gasteiger partial charge in [-0.25, -0.2) is 16.8 Å². The van der Waals surface area contributed by atoms with Gasteiger partial charge < -0.3 is 39.1 Å². The zero-order valence-electron chi connectivity index (χ0n) is 40.2. The lowest BCUT2D eigenvalue weighted by molar-refractivity contribution is 0.0729. The summed E-state index contributed by atoms with van der Waals surface area (Å²) < 4.78 is 161. The van der Waals surface area contributed by atoms with E-state index in [1.807, 2.05) is 0 Å². The standard InChI is InChI=1S/C46H56N4O18S6/c1-63-21-23-67-25-27-69-39-11-7-35(29-43(39)71(53,54)49-13-17-65-18-14-49)45(51)47-37-9-5-33(41(31-37)73(57,58)59)3-4-34-6-10-38(32-42(34)74(60,61)62)48-46(52)36-8-12-40(70-28-26-68-24-22-64-2)44(30-36)72(55,56)50-15-19-66-20-16-50/h3-12,29-32H,13-28H2,1-2H3,(H,47,51)(H,48,52)(H,57,58,59)(H,60,61,62)/b4-3+. The van der Waals surface area contributed by atoms with Crippen molar-refractivity contribution in [2.75, 3.05) is 129 Å². The van der Waals surface area contributed by atoms with Gasteiger partial charge >= 0.3 is 0 Å². The first-order valence-corrected chi connectivity index (χ1v) is 30.3. The molecule has 0 saturated carbocycles. The van der Waals surface area contributed by atoms with E-state index in [1.165, 1.54) is 107 Å². The average Bonchev–Trinajstić information content (AvgIpc) is 3.38. The molecule has 2 aliphatic rings. The van der Waals surface area contributed by atoms with Gasteiger partial charge in [-0.2, -0.15) is 25.4 Å². The Morgan fingerprint density at radius 2 is 0.919 bits per heavy atom. The molecule has 2 saturated heterocycles. The topological polar surface area (TPSA) is 297 Å². The molecule has 0 aliphatic carbocycles. The number of rotatable bonds is 26. The number of thioether (sulfide) groups is 2. The van der Waals surface area contributed by atoms with Gasteiger partial charge in [-0.05, 0) is 71.8 Å². The molecule has 22 nitrogen and oxygen atoms in total. The Kier molecular flexibility index (Phi) is 21.6. The molecule has 0 unspecified atom stereocenters. The lowest BCUT2D eigenvalue weighted by atomic mass is 10.1. The Bertz CT molecular complexity index is 2900. The van der Waals surface area contributed by atoms with Crippen LogP contribution in [0, 0.1) is 0 Å². The van der Waals surface area contributed by atoms with Crippen molar-refractivity contribution in [3.63, 3.8) is 0 Å². The van der Waals surface area contributed by atoms with E-state index >= 15 is 0 Å². The SMILES string of the molecule is COCCOCCSc1ccc(C(=O)Nc2ccc(/C=C/c3ccc(NC(=O)c4ccc(SCCOCCOC)c(S(=O)(=O)N5CCOCC5)c4)cc3S(=O)(=O)O)c(S(=O)(=O)O)c2)cc1S(=O)(=O)N1CCOCC1. The van der Waals surface area contributed by atoms with Gasteiger partial charge in [0.2, 0.25) is 20.0 Å². The summed E-state index contributed by atoms with van der Waals surface area (Å²) in [5, 5.41) is 5.06. The number of carbonyl (C=O) groups excluding carboxylic acids is 2. The van der Waals surface area contributed by atoms with E-state index in [4.69, 9.17) is 28.4 Å². The summed E-state index contributed by atoms with van der Waals surface area (Å²) in [6, 6.07) is 15.1. The number of anilines is 2. The van der Waals surface area contributed by atoms with Crippen molar-refractivity contribution in [2.45, 2.75) is 29.4 Å². The molecule has 0 aromatic heterocycles. The van der Waals surface area contributed by atoms with Crippen LogP contribution in [0.25, 0.3) is 12.2 Å². The summed E-state index contributed by atoms with van der Waals surface area (Å²) in [5.41, 5.74) is -0.775. The van der Waals surface area contributed by atoms with Gasteiger partial charge in [-0.1, -0.05) is 24.3 Å². The van der Waals surface area contributed by atoms with Crippen molar-refractivity contribution in [1.29, 1.82) is 0 Å². The minimum atomic E-state index is -5.03. The first-order valence-electron chi connectivity index (χ1n) is 22.6. The third-order valence-corrected chi connectivity index (χ3v) is 19.0. The Labute approximate surface area is 439 Å². The Morgan fingerprint density at radius 3 is 1.27 bits per heavy atom. The maximum atomic E-state index is 13.9. The summed E-state index contributed by atoms with van der Waals surface area (Å²) in [6.07, 6.45) is 2.25. The molecule has 2 aliphatic heterocycles. The molecule has 4 aromatic rings. The second-order valence-electron chi connectivity index (χ2n) is 16.0. The quantitative estimate of drug-likeness (QED) is 0.0293. The number of ether oxygens (including phenoxy) is 6. The van der Waals surface area contributed by atoms with Crippen molar-refractivity contribution < 1.29 is 80.8 Å². The summed E-state index contributed by atoms with van der Waals surface area (Å²) >= 11 is 2.43. The van der Waals surface area contributed by atoms with Gasteiger partial charge in [0.15, 0.2) is 0 Å². The Balaban J connectivity index is 1.22. The fourth-order valence-corrected chi connectivity index (χ4v) is 14.2. The molecular formula is C46H56N4O18S6. The molecule has 74 heavy (non-hydrogen) atoms. The number of methoxy groups -OCH3 is 2. The van der Waals surface area contributed by atoms with Crippen LogP contribution in [0.1, 0.15) is 31.8 Å². The molecule has 0 radical (unpaired) electrons. The van der Waals surface area contributed by atoms with Gasteiger partial charge in [0, 0.05) is 84.2 Å². The monoisotopic (exact) mass is 1140 g/mol. The predicted molar refractivity (Wildman–Crippen MR) is 276 cm³/mol. The largest absolute Gasteiger partial charge is 0.382 e. The lowest BCUT2D eigenvalue weighted by Crippen LogP contribution is -2.40. The highest BCUT2D eigenvalue weighted by Gasteiger charge is 2.32. The van der Waals surface area contributed by atoms with Crippen molar-refractivity contribution in [2.24, 2.45) is 0 Å². The number of nitrogens with one attached hydrogen (secondary N) is 2. The number of amides is 2. The number of hydrogen-bond acceptors (Lipinski definition) is 18. The normalized spacial score (nSPS) is 15.4. The van der Waals surface area contributed by atoms with E-state index < -0.39 is 61.9 Å². The molecule has 2 amide bonds. The third kappa shape index (κ3) is 16.1. The lowest BCUT2D eigenvalue weighted by Gasteiger charge is -2.27. The zero-order chi connectivity index (χ0) is 53.5. The van der Waals surface area contributed by atoms with Crippen LogP contribution < -0.4 is 10.6 Å². The maximum Gasteiger partial charge on any atom is 0.295 e. The molecule has 2 fully saturated rings. The van der Waals surface area contributed by atoms with E-state index in [1.54, 1.807) is 0 Å². The first-order chi connectivity index (χ1) is 35.2. The number of nitrogens with zero attached hydrogens (tertiary/aromatic N) is 2. The first kappa shape index (κ1) is 58.9. The zero-order valence-corrected chi connectivity index (χ0v) is 45.1. The molecule has 28 heteroatoms. The fourth-order valence-electron chi connectivity index (χ4n) is 7.23. The minimum absolute atomic E-state index is 0.0858.